The van der Waals surface area contributed by atoms with E-state index in [1.165, 1.54) is 16.3 Å². The molecule has 2 heterocycles. The first-order valence-corrected chi connectivity index (χ1v) is 11.6. The third-order valence-electron chi connectivity index (χ3n) is 6.56. The Bertz CT molecular complexity index is 885. The van der Waals surface area contributed by atoms with E-state index >= 15 is 0 Å². The van der Waals surface area contributed by atoms with Gasteiger partial charge >= 0.3 is 0 Å². The van der Waals surface area contributed by atoms with Gasteiger partial charge in [-0.3, -0.25) is 9.59 Å². The number of nitrogens with zero attached hydrogens (tertiary/aromatic N) is 2. The predicted molar refractivity (Wildman–Crippen MR) is 105 cm³/mol. The highest BCUT2D eigenvalue weighted by Gasteiger charge is 2.53. The molecule has 1 saturated carbocycles. The average molecular weight is 423 g/mol. The van der Waals surface area contributed by atoms with Crippen molar-refractivity contribution in [3.05, 3.63) is 24.3 Å². The van der Waals surface area contributed by atoms with E-state index in [1.807, 2.05) is 0 Å². The molecule has 158 valence electrons. The Hall–Kier alpha value is -1.97. The smallest absolute Gasteiger partial charge is 0.243 e. The highest BCUT2D eigenvalue weighted by Crippen LogP contribution is 2.46. The summed E-state index contributed by atoms with van der Waals surface area (Å²) in [5, 5.41) is 0. The molecule has 1 aromatic rings. The molecule has 2 amide bonds. The van der Waals surface area contributed by atoms with Gasteiger partial charge in [-0.15, -0.1) is 0 Å². The fourth-order valence-corrected chi connectivity index (χ4v) is 6.23. The molecule has 0 unspecified atom stereocenters. The molecule has 3 aliphatic rings. The van der Waals surface area contributed by atoms with Crippen molar-refractivity contribution < 1.29 is 27.6 Å². The van der Waals surface area contributed by atoms with E-state index in [2.05, 4.69) is 0 Å². The maximum absolute atomic E-state index is 12.9. The number of sulfonamides is 1. The summed E-state index contributed by atoms with van der Waals surface area (Å²) in [7, 11) is -2.02. The lowest BCUT2D eigenvalue weighted by atomic mass is 9.85. The number of amides is 2. The second-order valence-corrected chi connectivity index (χ2v) is 10.2. The summed E-state index contributed by atoms with van der Waals surface area (Å²) in [6, 6.07) is 6.38. The maximum Gasteiger partial charge on any atom is 0.243 e. The highest BCUT2D eigenvalue weighted by molar-refractivity contribution is 7.89. The van der Waals surface area contributed by atoms with Crippen LogP contribution in [-0.2, 0) is 19.6 Å². The van der Waals surface area contributed by atoms with Crippen LogP contribution < -0.4 is 9.64 Å². The Labute approximate surface area is 171 Å². The van der Waals surface area contributed by atoms with Gasteiger partial charge in [-0.05, 0) is 37.1 Å². The Morgan fingerprint density at radius 1 is 1.07 bits per heavy atom. The van der Waals surface area contributed by atoms with Gasteiger partial charge in [0, 0.05) is 6.42 Å². The quantitative estimate of drug-likeness (QED) is 0.668. The summed E-state index contributed by atoms with van der Waals surface area (Å²) >= 11 is 0. The van der Waals surface area contributed by atoms with Gasteiger partial charge in [-0.2, -0.15) is 4.31 Å². The van der Waals surface area contributed by atoms with Gasteiger partial charge in [0.1, 0.15) is 5.75 Å². The molecular weight excluding hydrogens is 394 g/mol. The van der Waals surface area contributed by atoms with Gasteiger partial charge in [0.2, 0.25) is 21.8 Å². The lowest BCUT2D eigenvalue weighted by Gasteiger charge is -2.33. The van der Waals surface area contributed by atoms with Crippen LogP contribution in [0.15, 0.2) is 29.2 Å². The Morgan fingerprint density at radius 3 is 2.28 bits per heavy atom. The maximum atomic E-state index is 12.9. The summed E-state index contributed by atoms with van der Waals surface area (Å²) in [4.78, 5) is 28.0. The van der Waals surface area contributed by atoms with Crippen LogP contribution >= 0.6 is 0 Å². The lowest BCUT2D eigenvalue weighted by Crippen LogP contribution is -3.16. The number of imide groups is 1. The van der Waals surface area contributed by atoms with Gasteiger partial charge in [-0.1, -0.05) is 12.8 Å². The number of carbonyl (C=O) groups is 2. The van der Waals surface area contributed by atoms with Gasteiger partial charge in [0.05, 0.1) is 43.6 Å². The van der Waals surface area contributed by atoms with E-state index in [9.17, 15) is 18.0 Å². The van der Waals surface area contributed by atoms with Crippen molar-refractivity contribution in [1.29, 1.82) is 0 Å². The molecule has 2 aliphatic heterocycles. The van der Waals surface area contributed by atoms with Gasteiger partial charge in [-0.25, -0.2) is 13.3 Å². The zero-order chi connectivity index (χ0) is 20.6. The fraction of sp³-hybridized carbons (Fsp3) is 0.600. The summed E-state index contributed by atoms with van der Waals surface area (Å²) in [6.07, 6.45) is 4.01. The summed E-state index contributed by atoms with van der Waals surface area (Å²) in [5.74, 6) is 0.525. The van der Waals surface area contributed by atoms with Crippen LogP contribution in [0.4, 0.5) is 0 Å². The third-order valence-corrected chi connectivity index (χ3v) is 8.47. The first kappa shape index (κ1) is 20.3. The summed E-state index contributed by atoms with van der Waals surface area (Å²) in [6.45, 7) is 2.21. The van der Waals surface area contributed by atoms with Crippen LogP contribution in [0.5, 0.6) is 5.75 Å². The zero-order valence-corrected chi connectivity index (χ0v) is 17.5. The molecule has 0 bridgehead atoms. The standard InChI is InChI=1S/C20H27N3O5S/c1-28-16-4-6-17(7-5-16)29(26,27)22-12-10-21(11-13-22)15-23-18(24)14-20(19(23)25)8-2-3-9-20/h4-7H,2-3,8-15H2,1H3/p+1. The van der Waals surface area contributed by atoms with Crippen LogP contribution in [0.1, 0.15) is 32.1 Å². The second kappa shape index (κ2) is 7.70. The van der Waals surface area contributed by atoms with Crippen LogP contribution in [0.3, 0.4) is 0 Å². The van der Waals surface area contributed by atoms with Crippen LogP contribution in [-0.4, -0.2) is 69.4 Å². The normalized spacial score (nSPS) is 23.3. The number of piperazine rings is 1. The van der Waals surface area contributed by atoms with Gasteiger partial charge < -0.3 is 9.64 Å². The van der Waals surface area contributed by atoms with Crippen molar-refractivity contribution in [2.45, 2.75) is 37.0 Å². The SMILES string of the molecule is COc1ccc(S(=O)(=O)N2CC[NH+](CN3C(=O)CC4(CCCC4)C3=O)CC2)cc1. The predicted octanol–water partition coefficient (Wildman–Crippen LogP) is -0.139. The molecule has 2 saturated heterocycles. The first-order valence-electron chi connectivity index (χ1n) is 10.2. The fourth-order valence-electron chi connectivity index (χ4n) is 4.78. The second-order valence-electron chi connectivity index (χ2n) is 8.28. The number of benzene rings is 1. The van der Waals surface area contributed by atoms with Crippen LogP contribution in [0.25, 0.3) is 0 Å². The van der Waals surface area contributed by atoms with Gasteiger partial charge in [0.25, 0.3) is 0 Å². The van der Waals surface area contributed by atoms with Crippen molar-refractivity contribution in [3.8, 4) is 5.75 Å². The monoisotopic (exact) mass is 422 g/mol. The van der Waals surface area contributed by atoms with E-state index in [-0.39, 0.29) is 16.7 Å². The number of likely N-dealkylation sites (tertiary alicyclic amines) is 1. The Kier molecular flexibility index (Phi) is 5.39. The summed E-state index contributed by atoms with van der Waals surface area (Å²) in [5.41, 5.74) is -0.448. The topological polar surface area (TPSA) is 88.4 Å². The lowest BCUT2D eigenvalue weighted by molar-refractivity contribution is -0.910. The molecule has 1 N–H and O–H groups in total. The minimum absolute atomic E-state index is 0.0132. The number of ether oxygens (including phenoxy) is 1. The Balaban J connectivity index is 1.37. The van der Waals surface area contributed by atoms with Crippen molar-refractivity contribution in [3.63, 3.8) is 0 Å². The molecule has 1 aliphatic carbocycles. The van der Waals surface area contributed by atoms with Crippen molar-refractivity contribution >= 4 is 21.8 Å². The molecule has 8 nitrogen and oxygen atoms in total. The number of hydrogen-bond donors (Lipinski definition) is 1. The summed E-state index contributed by atoms with van der Waals surface area (Å²) < 4.78 is 32.3. The first-order chi connectivity index (χ1) is 13.9. The highest BCUT2D eigenvalue weighted by atomic mass is 32.2. The molecule has 9 heteroatoms. The van der Waals surface area contributed by atoms with Crippen LogP contribution in [0, 0.1) is 5.41 Å². The number of carbonyl (C=O) groups excluding carboxylic acids is 2. The van der Waals surface area contributed by atoms with E-state index in [1.54, 1.807) is 24.3 Å². The third kappa shape index (κ3) is 3.67. The van der Waals surface area contributed by atoms with E-state index in [4.69, 9.17) is 4.74 Å². The Morgan fingerprint density at radius 2 is 1.69 bits per heavy atom. The molecule has 3 fully saturated rings. The average Bonchev–Trinajstić information content (AvgIpc) is 3.29. The number of rotatable bonds is 5. The van der Waals surface area contributed by atoms with E-state index < -0.39 is 15.4 Å². The molecule has 1 aromatic carbocycles. The van der Waals surface area contributed by atoms with Crippen molar-refractivity contribution in [2.75, 3.05) is 40.0 Å². The van der Waals surface area contributed by atoms with E-state index in [0.29, 0.717) is 45.0 Å². The molecule has 29 heavy (non-hydrogen) atoms. The molecule has 1 spiro atoms. The number of hydrogen-bond acceptors (Lipinski definition) is 5. The number of nitrogens with one attached hydrogen (secondary N) is 1. The molecule has 0 radical (unpaired) electrons. The van der Waals surface area contributed by atoms with Crippen LogP contribution in [0.2, 0.25) is 0 Å². The molecule has 0 atom stereocenters. The van der Waals surface area contributed by atoms with Crippen molar-refractivity contribution in [2.24, 2.45) is 5.41 Å². The zero-order valence-electron chi connectivity index (χ0n) is 16.7. The molecular formula is C20H28N3O5S+. The minimum Gasteiger partial charge on any atom is -0.497 e. The van der Waals surface area contributed by atoms with Gasteiger partial charge in [0.15, 0.2) is 6.67 Å². The number of methoxy groups -OCH3 is 1. The largest absolute Gasteiger partial charge is 0.497 e. The minimum atomic E-state index is -3.56. The van der Waals surface area contributed by atoms with Crippen molar-refractivity contribution in [1.82, 2.24) is 9.21 Å². The molecule has 0 aromatic heterocycles. The van der Waals surface area contributed by atoms with E-state index in [0.717, 1.165) is 30.6 Å². The number of quaternary nitrogens is 1. The molecule has 4 rings (SSSR count).